The van der Waals surface area contributed by atoms with E-state index < -0.39 is 0 Å². The van der Waals surface area contributed by atoms with Crippen LogP contribution in [0.4, 0.5) is 5.69 Å². The monoisotopic (exact) mass is 264 g/mol. The Kier molecular flexibility index (Phi) is 6.16. The van der Waals surface area contributed by atoms with Gasteiger partial charge in [-0.2, -0.15) is 0 Å². The molecule has 1 N–H and O–H groups in total. The number of nitrogens with zero attached hydrogens (tertiary/aromatic N) is 1. The first-order chi connectivity index (χ1) is 9.01. The Balaban J connectivity index is 3.04. The minimum atomic E-state index is 0.271. The van der Waals surface area contributed by atoms with Crippen LogP contribution in [0.3, 0.4) is 0 Å². The van der Waals surface area contributed by atoms with Gasteiger partial charge in [-0.3, -0.25) is 0 Å². The van der Waals surface area contributed by atoms with E-state index in [9.17, 15) is 0 Å². The van der Waals surface area contributed by atoms with Crippen LogP contribution in [0.1, 0.15) is 38.8 Å². The fraction of sp³-hybridized carbons (Fsp3) is 0.625. The molecule has 0 bridgehead atoms. The van der Waals surface area contributed by atoms with Crippen molar-refractivity contribution in [2.75, 3.05) is 32.6 Å². The molecule has 1 atom stereocenters. The average Bonchev–Trinajstić information content (AvgIpc) is 2.42. The predicted octanol–water partition coefficient (Wildman–Crippen LogP) is 3.46. The van der Waals surface area contributed by atoms with Gasteiger partial charge in [0.1, 0.15) is 5.75 Å². The molecule has 0 aliphatic carbocycles. The van der Waals surface area contributed by atoms with Gasteiger partial charge in [0.2, 0.25) is 0 Å². The zero-order chi connectivity index (χ0) is 14.4. The molecule has 0 amide bonds. The van der Waals surface area contributed by atoms with Crippen molar-refractivity contribution < 1.29 is 4.74 Å². The summed E-state index contributed by atoms with van der Waals surface area (Å²) < 4.78 is 5.52. The van der Waals surface area contributed by atoms with Crippen LogP contribution in [0, 0.1) is 5.92 Å². The Labute approximate surface area is 118 Å². The van der Waals surface area contributed by atoms with Crippen molar-refractivity contribution in [3.63, 3.8) is 0 Å². The molecular weight excluding hydrogens is 236 g/mol. The van der Waals surface area contributed by atoms with Crippen LogP contribution >= 0.6 is 0 Å². The summed E-state index contributed by atoms with van der Waals surface area (Å²) in [5.74, 6) is 1.67. The molecule has 0 aliphatic rings. The number of rotatable bonds is 7. The van der Waals surface area contributed by atoms with E-state index in [4.69, 9.17) is 4.74 Å². The SMILES string of the molecule is CNC(C)c1c(OC)cccc1N(C)CCC(C)C. The maximum atomic E-state index is 5.52. The lowest BCUT2D eigenvalue weighted by Crippen LogP contribution is -2.24. The number of nitrogens with one attached hydrogen (secondary N) is 1. The van der Waals surface area contributed by atoms with Crippen LogP contribution < -0.4 is 15.0 Å². The third-order valence-electron chi connectivity index (χ3n) is 3.58. The molecule has 0 fully saturated rings. The van der Waals surface area contributed by atoms with Gasteiger partial charge >= 0.3 is 0 Å². The number of hydrogen-bond donors (Lipinski definition) is 1. The number of anilines is 1. The highest BCUT2D eigenvalue weighted by atomic mass is 16.5. The summed E-state index contributed by atoms with van der Waals surface area (Å²) in [5, 5.41) is 3.31. The summed E-state index contributed by atoms with van der Waals surface area (Å²) in [6, 6.07) is 6.54. The molecule has 1 unspecified atom stereocenters. The van der Waals surface area contributed by atoms with Gasteiger partial charge in [0.25, 0.3) is 0 Å². The van der Waals surface area contributed by atoms with Crippen molar-refractivity contribution >= 4 is 5.69 Å². The van der Waals surface area contributed by atoms with Crippen molar-refractivity contribution in [1.29, 1.82) is 0 Å². The second-order valence-corrected chi connectivity index (χ2v) is 5.51. The minimum absolute atomic E-state index is 0.271. The van der Waals surface area contributed by atoms with Gasteiger partial charge in [-0.1, -0.05) is 19.9 Å². The second kappa shape index (κ2) is 7.39. The number of methoxy groups -OCH3 is 1. The second-order valence-electron chi connectivity index (χ2n) is 5.51. The van der Waals surface area contributed by atoms with Gasteiger partial charge in [-0.25, -0.2) is 0 Å². The van der Waals surface area contributed by atoms with Crippen LogP contribution in [-0.4, -0.2) is 27.7 Å². The molecule has 0 aliphatic heterocycles. The van der Waals surface area contributed by atoms with Crippen LogP contribution in [0.15, 0.2) is 18.2 Å². The summed E-state index contributed by atoms with van der Waals surface area (Å²) in [6.07, 6.45) is 1.20. The highest BCUT2D eigenvalue weighted by molar-refractivity contribution is 5.60. The Bertz CT molecular complexity index is 390. The Hall–Kier alpha value is -1.22. The van der Waals surface area contributed by atoms with Crippen LogP contribution in [0.25, 0.3) is 0 Å². The normalized spacial score (nSPS) is 12.6. The Morgan fingerprint density at radius 2 is 1.95 bits per heavy atom. The van der Waals surface area contributed by atoms with E-state index >= 15 is 0 Å². The molecule has 1 aromatic rings. The lowest BCUT2D eigenvalue weighted by molar-refractivity contribution is 0.404. The average molecular weight is 264 g/mol. The largest absolute Gasteiger partial charge is 0.496 e. The topological polar surface area (TPSA) is 24.5 Å². The first kappa shape index (κ1) is 15.8. The van der Waals surface area contributed by atoms with Gasteiger partial charge in [-0.05, 0) is 38.4 Å². The molecule has 108 valence electrons. The minimum Gasteiger partial charge on any atom is -0.496 e. The van der Waals surface area contributed by atoms with Gasteiger partial charge in [0.15, 0.2) is 0 Å². The summed E-state index contributed by atoms with van der Waals surface area (Å²) in [7, 11) is 5.87. The van der Waals surface area contributed by atoms with E-state index in [2.05, 4.69) is 50.2 Å². The quantitative estimate of drug-likeness (QED) is 0.816. The molecular formula is C16H28N2O. The van der Waals surface area contributed by atoms with Crippen LogP contribution in [0.5, 0.6) is 5.75 Å². The fourth-order valence-electron chi connectivity index (χ4n) is 2.20. The summed E-state index contributed by atoms with van der Waals surface area (Å²) in [6.45, 7) is 7.75. The summed E-state index contributed by atoms with van der Waals surface area (Å²) in [4.78, 5) is 2.33. The van der Waals surface area contributed by atoms with Crippen molar-refractivity contribution in [2.24, 2.45) is 5.92 Å². The molecule has 0 spiro atoms. The number of benzene rings is 1. The molecule has 1 rings (SSSR count). The molecule has 19 heavy (non-hydrogen) atoms. The highest BCUT2D eigenvalue weighted by Gasteiger charge is 2.17. The molecule has 0 saturated heterocycles. The molecule has 0 saturated carbocycles. The first-order valence-corrected chi connectivity index (χ1v) is 7.06. The first-order valence-electron chi connectivity index (χ1n) is 7.06. The van der Waals surface area contributed by atoms with E-state index in [1.165, 1.54) is 17.7 Å². The summed E-state index contributed by atoms with van der Waals surface area (Å²) >= 11 is 0. The molecule has 3 nitrogen and oxygen atoms in total. The van der Waals surface area contributed by atoms with Crippen molar-refractivity contribution in [3.05, 3.63) is 23.8 Å². The number of ether oxygens (including phenoxy) is 1. The van der Waals surface area contributed by atoms with Crippen molar-refractivity contribution in [1.82, 2.24) is 5.32 Å². The van der Waals surface area contributed by atoms with Crippen molar-refractivity contribution in [2.45, 2.75) is 33.2 Å². The van der Waals surface area contributed by atoms with Gasteiger partial charge in [0.05, 0.1) is 7.11 Å². The van der Waals surface area contributed by atoms with Gasteiger partial charge in [-0.15, -0.1) is 0 Å². The fourth-order valence-corrected chi connectivity index (χ4v) is 2.20. The zero-order valence-electron chi connectivity index (χ0n) is 13.2. The Morgan fingerprint density at radius 3 is 2.47 bits per heavy atom. The zero-order valence-corrected chi connectivity index (χ0v) is 13.2. The van der Waals surface area contributed by atoms with E-state index in [1.54, 1.807) is 7.11 Å². The number of hydrogen-bond acceptors (Lipinski definition) is 3. The van der Waals surface area contributed by atoms with E-state index in [0.29, 0.717) is 0 Å². The molecule has 0 radical (unpaired) electrons. The van der Waals surface area contributed by atoms with Crippen LogP contribution in [0.2, 0.25) is 0 Å². The van der Waals surface area contributed by atoms with E-state index in [1.807, 2.05) is 13.1 Å². The lowest BCUT2D eigenvalue weighted by atomic mass is 10.0. The predicted molar refractivity (Wildman–Crippen MR) is 83.2 cm³/mol. The smallest absolute Gasteiger partial charge is 0.125 e. The highest BCUT2D eigenvalue weighted by Crippen LogP contribution is 2.34. The third kappa shape index (κ3) is 4.13. The summed E-state index contributed by atoms with van der Waals surface area (Å²) in [5.41, 5.74) is 2.49. The lowest BCUT2D eigenvalue weighted by Gasteiger charge is -2.27. The molecule has 1 aromatic carbocycles. The van der Waals surface area contributed by atoms with Gasteiger partial charge < -0.3 is 15.0 Å². The molecule has 0 heterocycles. The standard InChI is InChI=1S/C16H28N2O/c1-12(2)10-11-18(5)14-8-7-9-15(19-6)16(14)13(3)17-4/h7-9,12-13,17H,10-11H2,1-6H3. The maximum absolute atomic E-state index is 5.52. The van der Waals surface area contributed by atoms with E-state index in [-0.39, 0.29) is 6.04 Å². The van der Waals surface area contributed by atoms with E-state index in [0.717, 1.165) is 18.2 Å². The van der Waals surface area contributed by atoms with Gasteiger partial charge in [0, 0.05) is 30.9 Å². The Morgan fingerprint density at radius 1 is 1.26 bits per heavy atom. The molecule has 0 aromatic heterocycles. The maximum Gasteiger partial charge on any atom is 0.125 e. The van der Waals surface area contributed by atoms with Crippen molar-refractivity contribution in [3.8, 4) is 5.75 Å². The third-order valence-corrected chi connectivity index (χ3v) is 3.58. The molecule has 3 heteroatoms. The van der Waals surface area contributed by atoms with Crippen LogP contribution in [-0.2, 0) is 0 Å².